The summed E-state index contributed by atoms with van der Waals surface area (Å²) in [6, 6.07) is 4.74. The molecule has 7 nitrogen and oxygen atoms in total. The Morgan fingerprint density at radius 3 is 2.74 bits per heavy atom. The number of benzene rings is 1. The monoisotopic (exact) mass is 269 g/mol. The first-order valence-electron chi connectivity index (χ1n) is 6.09. The maximum Gasteiger partial charge on any atom is 0.294 e. The summed E-state index contributed by atoms with van der Waals surface area (Å²) in [6.07, 6.45) is 0.000497. The van der Waals surface area contributed by atoms with Crippen LogP contribution >= 0.6 is 0 Å². The van der Waals surface area contributed by atoms with E-state index in [1.165, 1.54) is 6.07 Å². The van der Waals surface area contributed by atoms with Gasteiger partial charge in [-0.25, -0.2) is 0 Å². The van der Waals surface area contributed by atoms with Gasteiger partial charge in [-0.15, -0.1) is 0 Å². The third-order valence-corrected chi connectivity index (χ3v) is 2.45. The predicted molar refractivity (Wildman–Crippen MR) is 73.5 cm³/mol. The fourth-order valence-corrected chi connectivity index (χ4v) is 1.51. The first-order valence-corrected chi connectivity index (χ1v) is 6.09. The van der Waals surface area contributed by atoms with E-state index >= 15 is 0 Å². The van der Waals surface area contributed by atoms with Crippen LogP contribution in [0.15, 0.2) is 18.2 Å². The summed E-state index contributed by atoms with van der Waals surface area (Å²) >= 11 is 0. The van der Waals surface area contributed by atoms with Gasteiger partial charge < -0.3 is 20.8 Å². The van der Waals surface area contributed by atoms with Gasteiger partial charge in [0, 0.05) is 31.5 Å². The minimum atomic E-state index is -0.526. The standard InChI is InChI=1S/C12H19N3O4/c1-9(17)8-14-10-3-4-11(13-5-2-6-16)12(7-10)15(18)19/h3-4,7,9,13-14,16-17H,2,5-6,8H2,1H3. The van der Waals surface area contributed by atoms with Crippen molar-refractivity contribution in [1.29, 1.82) is 0 Å². The molecule has 0 spiro atoms. The van der Waals surface area contributed by atoms with E-state index in [4.69, 9.17) is 10.2 Å². The van der Waals surface area contributed by atoms with Crippen LogP contribution in [-0.4, -0.2) is 40.9 Å². The maximum absolute atomic E-state index is 11.0. The largest absolute Gasteiger partial charge is 0.396 e. The molecular formula is C12H19N3O4. The van der Waals surface area contributed by atoms with Crippen molar-refractivity contribution < 1.29 is 15.1 Å². The number of nitro groups is 1. The molecule has 0 aromatic heterocycles. The Morgan fingerprint density at radius 2 is 2.16 bits per heavy atom. The average Bonchev–Trinajstić information content (AvgIpc) is 2.37. The van der Waals surface area contributed by atoms with Crippen LogP contribution in [-0.2, 0) is 0 Å². The molecule has 1 aromatic rings. The number of nitrogens with zero attached hydrogens (tertiary/aromatic N) is 1. The molecule has 1 rings (SSSR count). The van der Waals surface area contributed by atoms with E-state index in [9.17, 15) is 10.1 Å². The zero-order chi connectivity index (χ0) is 14.3. The second-order valence-electron chi connectivity index (χ2n) is 4.22. The highest BCUT2D eigenvalue weighted by Crippen LogP contribution is 2.27. The van der Waals surface area contributed by atoms with Gasteiger partial charge >= 0.3 is 0 Å². The van der Waals surface area contributed by atoms with Crippen molar-refractivity contribution in [3.63, 3.8) is 0 Å². The molecule has 0 aliphatic carbocycles. The lowest BCUT2D eigenvalue weighted by Crippen LogP contribution is -2.15. The fourth-order valence-electron chi connectivity index (χ4n) is 1.51. The van der Waals surface area contributed by atoms with Crippen LogP contribution in [0.2, 0.25) is 0 Å². The number of aliphatic hydroxyl groups is 2. The molecule has 4 N–H and O–H groups in total. The summed E-state index contributed by atoms with van der Waals surface area (Å²) in [7, 11) is 0. The first-order chi connectivity index (χ1) is 9.04. The highest BCUT2D eigenvalue weighted by Gasteiger charge is 2.14. The molecule has 19 heavy (non-hydrogen) atoms. The Bertz CT molecular complexity index is 423. The second-order valence-corrected chi connectivity index (χ2v) is 4.22. The number of nitro benzene ring substituents is 1. The van der Waals surface area contributed by atoms with Crippen LogP contribution < -0.4 is 10.6 Å². The number of hydrogen-bond acceptors (Lipinski definition) is 6. The first kappa shape index (κ1) is 15.2. The molecule has 1 aromatic carbocycles. The van der Waals surface area contributed by atoms with Crippen molar-refractivity contribution >= 4 is 17.1 Å². The predicted octanol–water partition coefficient (Wildman–Crippen LogP) is 1.18. The minimum Gasteiger partial charge on any atom is -0.396 e. The van der Waals surface area contributed by atoms with Crippen LogP contribution in [0.25, 0.3) is 0 Å². The minimum absolute atomic E-state index is 0.0338. The van der Waals surface area contributed by atoms with Crippen LogP contribution in [0.5, 0.6) is 0 Å². The zero-order valence-corrected chi connectivity index (χ0v) is 10.8. The molecule has 106 valence electrons. The number of hydrogen-bond donors (Lipinski definition) is 4. The molecular weight excluding hydrogens is 250 g/mol. The number of nitrogens with one attached hydrogen (secondary N) is 2. The summed E-state index contributed by atoms with van der Waals surface area (Å²) < 4.78 is 0. The van der Waals surface area contributed by atoms with Crippen LogP contribution in [0, 0.1) is 10.1 Å². The lowest BCUT2D eigenvalue weighted by molar-refractivity contribution is -0.383. The lowest BCUT2D eigenvalue weighted by Gasteiger charge is -2.11. The Balaban J connectivity index is 2.79. The molecule has 0 saturated carbocycles. The van der Waals surface area contributed by atoms with Gasteiger partial charge in [-0.3, -0.25) is 10.1 Å². The Morgan fingerprint density at radius 1 is 1.42 bits per heavy atom. The van der Waals surface area contributed by atoms with Crippen molar-refractivity contribution in [3.8, 4) is 0 Å². The van der Waals surface area contributed by atoms with E-state index in [0.717, 1.165) is 0 Å². The van der Waals surface area contributed by atoms with Gasteiger partial charge in [0.25, 0.3) is 5.69 Å². The Kier molecular flexibility index (Phi) is 6.04. The molecule has 0 aliphatic rings. The third kappa shape index (κ3) is 5.11. The molecule has 1 unspecified atom stereocenters. The van der Waals surface area contributed by atoms with Crippen LogP contribution in [0.1, 0.15) is 13.3 Å². The summed E-state index contributed by atoms with van der Waals surface area (Å²) in [4.78, 5) is 10.5. The van der Waals surface area contributed by atoms with Crippen LogP contribution in [0.3, 0.4) is 0 Å². The number of rotatable bonds is 8. The molecule has 0 heterocycles. The maximum atomic E-state index is 11.0. The van der Waals surface area contributed by atoms with E-state index < -0.39 is 11.0 Å². The summed E-state index contributed by atoms with van der Waals surface area (Å²) in [5.74, 6) is 0. The van der Waals surface area contributed by atoms with Crippen molar-refractivity contribution in [1.82, 2.24) is 0 Å². The topological polar surface area (TPSA) is 108 Å². The van der Waals surface area contributed by atoms with E-state index in [1.54, 1.807) is 19.1 Å². The lowest BCUT2D eigenvalue weighted by atomic mass is 10.2. The van der Waals surface area contributed by atoms with E-state index in [1.807, 2.05) is 0 Å². The normalized spacial score (nSPS) is 11.9. The van der Waals surface area contributed by atoms with Crippen LogP contribution in [0.4, 0.5) is 17.1 Å². The van der Waals surface area contributed by atoms with Crippen molar-refractivity contribution in [2.75, 3.05) is 30.3 Å². The van der Waals surface area contributed by atoms with Gasteiger partial charge in [-0.1, -0.05) is 0 Å². The summed E-state index contributed by atoms with van der Waals surface area (Å²) in [5, 5.41) is 34.6. The third-order valence-electron chi connectivity index (χ3n) is 2.45. The van der Waals surface area contributed by atoms with E-state index in [2.05, 4.69) is 10.6 Å². The van der Waals surface area contributed by atoms with Gasteiger partial charge in [-0.05, 0) is 25.5 Å². The SMILES string of the molecule is CC(O)CNc1ccc(NCCCO)c([N+](=O)[O-])c1. The summed E-state index contributed by atoms with van der Waals surface area (Å²) in [6.45, 7) is 2.47. The molecule has 1 atom stereocenters. The van der Waals surface area contributed by atoms with Gasteiger partial charge in [-0.2, -0.15) is 0 Å². The number of anilines is 2. The smallest absolute Gasteiger partial charge is 0.294 e. The second kappa shape index (κ2) is 7.55. The highest BCUT2D eigenvalue weighted by atomic mass is 16.6. The van der Waals surface area contributed by atoms with E-state index in [-0.39, 0.29) is 12.3 Å². The van der Waals surface area contributed by atoms with Crippen molar-refractivity contribution in [2.24, 2.45) is 0 Å². The molecule has 0 amide bonds. The number of aliphatic hydroxyl groups excluding tert-OH is 2. The average molecular weight is 269 g/mol. The highest BCUT2D eigenvalue weighted by molar-refractivity contribution is 5.67. The van der Waals surface area contributed by atoms with Crippen molar-refractivity contribution in [3.05, 3.63) is 28.3 Å². The molecule has 0 bridgehead atoms. The molecule has 0 fully saturated rings. The Labute approximate surface area is 111 Å². The quantitative estimate of drug-likeness (QED) is 0.321. The van der Waals surface area contributed by atoms with Gasteiger partial charge in [0.2, 0.25) is 0 Å². The zero-order valence-electron chi connectivity index (χ0n) is 10.8. The van der Waals surface area contributed by atoms with Gasteiger partial charge in [0.05, 0.1) is 11.0 Å². The van der Waals surface area contributed by atoms with E-state index in [0.29, 0.717) is 30.9 Å². The molecule has 0 radical (unpaired) electrons. The molecule has 7 heteroatoms. The molecule has 0 aliphatic heterocycles. The van der Waals surface area contributed by atoms with Crippen molar-refractivity contribution in [2.45, 2.75) is 19.4 Å². The Hall–Kier alpha value is -1.86. The van der Waals surface area contributed by atoms with Gasteiger partial charge in [0.1, 0.15) is 5.69 Å². The fraction of sp³-hybridized carbons (Fsp3) is 0.500. The molecule has 0 saturated heterocycles. The summed E-state index contributed by atoms with van der Waals surface area (Å²) in [5.41, 5.74) is 0.967. The van der Waals surface area contributed by atoms with Gasteiger partial charge in [0.15, 0.2) is 0 Å².